The standard InChI is InChI=1S/C12H24N2O2/c1-10(15)9-11-5-3-2-4-7-14(11)8-6-12(13)16/h10-11,15H,2-9H2,1H3,(H2,13,16). The van der Waals surface area contributed by atoms with Gasteiger partial charge in [0.25, 0.3) is 0 Å². The van der Waals surface area contributed by atoms with Gasteiger partial charge in [0.2, 0.25) is 5.91 Å². The fourth-order valence-electron chi connectivity index (χ4n) is 2.45. The molecule has 0 saturated carbocycles. The fourth-order valence-corrected chi connectivity index (χ4v) is 2.45. The summed E-state index contributed by atoms with van der Waals surface area (Å²) in [6.07, 6.45) is 5.76. The molecule has 1 saturated heterocycles. The highest BCUT2D eigenvalue weighted by Gasteiger charge is 2.22. The molecular weight excluding hydrogens is 204 g/mol. The first-order valence-electron chi connectivity index (χ1n) is 6.30. The number of carbonyl (C=O) groups excluding carboxylic acids is 1. The molecule has 2 unspecified atom stereocenters. The number of hydrogen-bond donors (Lipinski definition) is 2. The van der Waals surface area contributed by atoms with Crippen molar-refractivity contribution in [3.8, 4) is 0 Å². The Morgan fingerprint density at radius 3 is 2.88 bits per heavy atom. The van der Waals surface area contributed by atoms with Crippen molar-refractivity contribution >= 4 is 5.91 Å². The van der Waals surface area contributed by atoms with Gasteiger partial charge in [-0.1, -0.05) is 12.8 Å². The minimum absolute atomic E-state index is 0.236. The molecule has 1 amide bonds. The first-order valence-corrected chi connectivity index (χ1v) is 6.30. The smallest absolute Gasteiger partial charge is 0.218 e. The number of amides is 1. The second kappa shape index (κ2) is 6.86. The van der Waals surface area contributed by atoms with Crippen molar-refractivity contribution in [1.82, 2.24) is 4.90 Å². The van der Waals surface area contributed by atoms with E-state index in [0.29, 0.717) is 12.5 Å². The Balaban J connectivity index is 2.47. The molecule has 0 spiro atoms. The number of rotatable bonds is 5. The number of primary amides is 1. The molecule has 1 rings (SSSR count). The van der Waals surface area contributed by atoms with Crippen LogP contribution in [0.1, 0.15) is 45.4 Å². The highest BCUT2D eigenvalue weighted by atomic mass is 16.3. The van der Waals surface area contributed by atoms with Crippen molar-refractivity contribution in [1.29, 1.82) is 0 Å². The summed E-state index contributed by atoms with van der Waals surface area (Å²) in [5.41, 5.74) is 5.18. The first-order chi connectivity index (χ1) is 7.59. The predicted molar refractivity (Wildman–Crippen MR) is 63.9 cm³/mol. The van der Waals surface area contributed by atoms with E-state index in [0.717, 1.165) is 25.9 Å². The average molecular weight is 228 g/mol. The molecule has 1 fully saturated rings. The van der Waals surface area contributed by atoms with Crippen LogP contribution < -0.4 is 5.73 Å². The maximum atomic E-state index is 10.8. The molecule has 1 aliphatic rings. The Hall–Kier alpha value is -0.610. The summed E-state index contributed by atoms with van der Waals surface area (Å²) in [4.78, 5) is 13.1. The summed E-state index contributed by atoms with van der Waals surface area (Å²) in [5.74, 6) is -0.236. The zero-order valence-corrected chi connectivity index (χ0v) is 10.2. The SMILES string of the molecule is CC(O)CC1CCCCCN1CCC(N)=O. The van der Waals surface area contributed by atoms with Crippen LogP contribution in [0, 0.1) is 0 Å². The Morgan fingerprint density at radius 1 is 1.50 bits per heavy atom. The van der Waals surface area contributed by atoms with Crippen molar-refractivity contribution < 1.29 is 9.90 Å². The summed E-state index contributed by atoms with van der Waals surface area (Å²) in [7, 11) is 0. The summed E-state index contributed by atoms with van der Waals surface area (Å²) in [6.45, 7) is 3.61. The predicted octanol–water partition coefficient (Wildman–Crippen LogP) is 0.877. The van der Waals surface area contributed by atoms with E-state index in [9.17, 15) is 9.90 Å². The molecule has 0 aromatic heterocycles. The third kappa shape index (κ3) is 4.94. The summed E-state index contributed by atoms with van der Waals surface area (Å²) in [5, 5.41) is 9.47. The Bertz CT molecular complexity index is 219. The molecule has 4 heteroatoms. The monoisotopic (exact) mass is 228 g/mol. The largest absolute Gasteiger partial charge is 0.393 e. The molecule has 16 heavy (non-hydrogen) atoms. The number of aliphatic hydroxyl groups excluding tert-OH is 1. The van der Waals surface area contributed by atoms with Crippen molar-refractivity contribution in [2.45, 2.75) is 57.6 Å². The maximum absolute atomic E-state index is 10.8. The van der Waals surface area contributed by atoms with Crippen LogP contribution in [0.25, 0.3) is 0 Å². The summed E-state index contributed by atoms with van der Waals surface area (Å²) in [6, 6.07) is 0.418. The highest BCUT2D eigenvalue weighted by Crippen LogP contribution is 2.20. The van der Waals surface area contributed by atoms with Crippen molar-refractivity contribution in [2.24, 2.45) is 5.73 Å². The lowest BCUT2D eigenvalue weighted by Gasteiger charge is -2.30. The molecule has 2 atom stereocenters. The number of aliphatic hydroxyl groups is 1. The minimum atomic E-state index is -0.265. The number of carbonyl (C=O) groups is 1. The van der Waals surface area contributed by atoms with E-state index in [1.165, 1.54) is 19.3 Å². The molecule has 4 nitrogen and oxygen atoms in total. The Labute approximate surface area is 97.8 Å². The summed E-state index contributed by atoms with van der Waals surface area (Å²) < 4.78 is 0. The van der Waals surface area contributed by atoms with E-state index in [2.05, 4.69) is 4.90 Å². The molecule has 3 N–H and O–H groups in total. The highest BCUT2D eigenvalue weighted by molar-refractivity contribution is 5.73. The molecule has 0 aromatic carbocycles. The fraction of sp³-hybridized carbons (Fsp3) is 0.917. The molecule has 1 heterocycles. The number of likely N-dealkylation sites (tertiary alicyclic amines) is 1. The lowest BCUT2D eigenvalue weighted by atomic mass is 10.0. The molecule has 0 radical (unpaired) electrons. The van der Waals surface area contributed by atoms with Crippen LogP contribution in [0.3, 0.4) is 0 Å². The lowest BCUT2D eigenvalue weighted by Crippen LogP contribution is -2.38. The maximum Gasteiger partial charge on any atom is 0.218 e. The van der Waals surface area contributed by atoms with Crippen molar-refractivity contribution in [2.75, 3.05) is 13.1 Å². The van der Waals surface area contributed by atoms with Gasteiger partial charge in [-0.05, 0) is 32.7 Å². The number of nitrogens with two attached hydrogens (primary N) is 1. The van der Waals surface area contributed by atoms with Crippen LogP contribution in [0.4, 0.5) is 0 Å². The first kappa shape index (κ1) is 13.5. The topological polar surface area (TPSA) is 66.6 Å². The van der Waals surface area contributed by atoms with E-state index in [4.69, 9.17) is 5.73 Å². The van der Waals surface area contributed by atoms with Gasteiger partial charge >= 0.3 is 0 Å². The summed E-state index contributed by atoms with van der Waals surface area (Å²) >= 11 is 0. The van der Waals surface area contributed by atoms with Gasteiger partial charge in [0.15, 0.2) is 0 Å². The Morgan fingerprint density at radius 2 is 2.25 bits per heavy atom. The molecular formula is C12H24N2O2. The van der Waals surface area contributed by atoms with Gasteiger partial charge in [0, 0.05) is 19.0 Å². The van der Waals surface area contributed by atoms with Gasteiger partial charge < -0.3 is 10.8 Å². The van der Waals surface area contributed by atoms with Gasteiger partial charge in [-0.2, -0.15) is 0 Å². The van der Waals surface area contributed by atoms with Gasteiger partial charge in [0.1, 0.15) is 0 Å². The second-order valence-corrected chi connectivity index (χ2v) is 4.84. The molecule has 0 aliphatic carbocycles. The van der Waals surface area contributed by atoms with E-state index < -0.39 is 0 Å². The quantitative estimate of drug-likeness (QED) is 0.734. The van der Waals surface area contributed by atoms with Crippen molar-refractivity contribution in [3.05, 3.63) is 0 Å². The van der Waals surface area contributed by atoms with Crippen molar-refractivity contribution in [3.63, 3.8) is 0 Å². The van der Waals surface area contributed by atoms with E-state index in [1.54, 1.807) is 0 Å². The zero-order chi connectivity index (χ0) is 12.0. The van der Waals surface area contributed by atoms with Gasteiger partial charge in [0.05, 0.1) is 6.10 Å². The number of hydrogen-bond acceptors (Lipinski definition) is 3. The molecule has 0 aromatic rings. The Kier molecular flexibility index (Phi) is 5.77. The third-order valence-electron chi connectivity index (χ3n) is 3.26. The van der Waals surface area contributed by atoms with Crippen LogP contribution in [0.15, 0.2) is 0 Å². The molecule has 0 bridgehead atoms. The average Bonchev–Trinajstić information content (AvgIpc) is 2.39. The van der Waals surface area contributed by atoms with Crippen LogP contribution >= 0.6 is 0 Å². The van der Waals surface area contributed by atoms with Crippen LogP contribution in [-0.4, -0.2) is 41.1 Å². The van der Waals surface area contributed by atoms with Crippen LogP contribution in [0.5, 0.6) is 0 Å². The third-order valence-corrected chi connectivity index (χ3v) is 3.26. The molecule has 1 aliphatic heterocycles. The normalized spacial score (nSPS) is 25.0. The van der Waals surface area contributed by atoms with Gasteiger partial charge in [-0.25, -0.2) is 0 Å². The zero-order valence-electron chi connectivity index (χ0n) is 10.2. The van der Waals surface area contributed by atoms with Crippen LogP contribution in [-0.2, 0) is 4.79 Å². The second-order valence-electron chi connectivity index (χ2n) is 4.84. The minimum Gasteiger partial charge on any atom is -0.393 e. The van der Waals surface area contributed by atoms with E-state index in [-0.39, 0.29) is 12.0 Å². The van der Waals surface area contributed by atoms with E-state index >= 15 is 0 Å². The number of nitrogens with zero attached hydrogens (tertiary/aromatic N) is 1. The van der Waals surface area contributed by atoms with Gasteiger partial charge in [-0.3, -0.25) is 9.69 Å². The van der Waals surface area contributed by atoms with Gasteiger partial charge in [-0.15, -0.1) is 0 Å². The lowest BCUT2D eigenvalue weighted by molar-refractivity contribution is -0.118. The molecule has 94 valence electrons. The van der Waals surface area contributed by atoms with E-state index in [1.807, 2.05) is 6.92 Å². The van der Waals surface area contributed by atoms with Crippen LogP contribution in [0.2, 0.25) is 0 Å².